The lowest BCUT2D eigenvalue weighted by atomic mass is 9.79. The third-order valence-corrected chi connectivity index (χ3v) is 5.97. The molecule has 1 fully saturated rings. The fraction of sp³-hybridized carbons (Fsp3) is 0.769. The molecule has 2 rings (SSSR count). The maximum atomic E-state index is 10.9. The Morgan fingerprint density at radius 3 is 1.87 bits per heavy atom. The molecule has 1 aliphatic rings. The molecule has 0 radical (unpaired) electrons. The number of rotatable bonds is 6. The molecule has 1 aromatic rings. The molecule has 1 aromatic carbocycles. The van der Waals surface area contributed by atoms with E-state index >= 15 is 0 Å². The van der Waals surface area contributed by atoms with Gasteiger partial charge in [-0.3, -0.25) is 0 Å². The summed E-state index contributed by atoms with van der Waals surface area (Å²) < 4.78 is 6.00. The second kappa shape index (κ2) is 8.92. The summed E-state index contributed by atoms with van der Waals surface area (Å²) in [5.41, 5.74) is 1.44. The Bertz CT molecular complexity index is 706. The van der Waals surface area contributed by atoms with Gasteiger partial charge in [-0.15, -0.1) is 0 Å². The Labute approximate surface area is 190 Å². The van der Waals surface area contributed by atoms with Crippen LogP contribution >= 0.6 is 0 Å². The largest absolute Gasteiger partial charge is 0.507 e. The van der Waals surface area contributed by atoms with Crippen LogP contribution in [-0.4, -0.2) is 46.6 Å². The summed E-state index contributed by atoms with van der Waals surface area (Å²) in [6, 6.07) is 4.17. The first-order valence-corrected chi connectivity index (χ1v) is 11.6. The summed E-state index contributed by atoms with van der Waals surface area (Å²) in [4.78, 5) is 0. The summed E-state index contributed by atoms with van der Waals surface area (Å²) in [7, 11) is 0. The highest BCUT2D eigenvalue weighted by Gasteiger charge is 2.37. The SMILES string of the molecule is CC1(C)CC(NC[C@@H](O)COc2cc(C(C)(C)C)c(O)c(C(C)(C)C)c2)CC(C)(C)N1. The quantitative estimate of drug-likeness (QED) is 0.525. The van der Waals surface area contributed by atoms with Crippen molar-refractivity contribution in [2.75, 3.05) is 13.2 Å². The standard InChI is InChI=1S/C26H46N2O3/c1-23(2,3)20-11-19(12-21(22(20)30)24(4,5)6)31-16-18(29)15-27-17-13-25(7,8)28-26(9,10)14-17/h11-12,17-18,27-30H,13-16H2,1-10H3/t18-/m1/s1. The van der Waals surface area contributed by atoms with Gasteiger partial charge in [-0.2, -0.15) is 0 Å². The van der Waals surface area contributed by atoms with Crippen LogP contribution in [0.1, 0.15) is 93.2 Å². The van der Waals surface area contributed by atoms with Gasteiger partial charge in [0, 0.05) is 34.8 Å². The van der Waals surface area contributed by atoms with E-state index in [9.17, 15) is 10.2 Å². The molecule has 4 N–H and O–H groups in total. The van der Waals surface area contributed by atoms with Crippen molar-refractivity contribution in [3.63, 3.8) is 0 Å². The second-order valence-electron chi connectivity index (χ2n) is 12.7. The van der Waals surface area contributed by atoms with E-state index in [4.69, 9.17) is 4.74 Å². The highest BCUT2D eigenvalue weighted by atomic mass is 16.5. The zero-order valence-electron chi connectivity index (χ0n) is 21.4. The first-order chi connectivity index (χ1) is 13.9. The van der Waals surface area contributed by atoms with Gasteiger partial charge < -0.3 is 25.6 Å². The van der Waals surface area contributed by atoms with Gasteiger partial charge in [0.2, 0.25) is 0 Å². The number of phenols is 1. The number of aromatic hydroxyl groups is 1. The van der Waals surface area contributed by atoms with E-state index in [1.165, 1.54) is 0 Å². The molecule has 5 heteroatoms. The summed E-state index contributed by atoms with van der Waals surface area (Å²) in [6.07, 6.45) is 1.43. The third kappa shape index (κ3) is 7.37. The van der Waals surface area contributed by atoms with Gasteiger partial charge >= 0.3 is 0 Å². The van der Waals surface area contributed by atoms with E-state index < -0.39 is 6.10 Å². The van der Waals surface area contributed by atoms with E-state index in [-0.39, 0.29) is 28.5 Å². The number of nitrogens with one attached hydrogen (secondary N) is 2. The molecule has 178 valence electrons. The molecule has 31 heavy (non-hydrogen) atoms. The van der Waals surface area contributed by atoms with Crippen LogP contribution in [0.5, 0.6) is 11.5 Å². The van der Waals surface area contributed by atoms with Gasteiger partial charge in [0.1, 0.15) is 24.2 Å². The molecule has 1 atom stereocenters. The fourth-order valence-electron chi connectivity index (χ4n) is 4.86. The Morgan fingerprint density at radius 2 is 1.45 bits per heavy atom. The van der Waals surface area contributed by atoms with Gasteiger partial charge in [-0.05, 0) is 63.5 Å². The minimum atomic E-state index is -0.605. The van der Waals surface area contributed by atoms with Crippen LogP contribution in [-0.2, 0) is 10.8 Å². The fourth-order valence-corrected chi connectivity index (χ4v) is 4.86. The molecule has 0 unspecified atom stereocenters. The average Bonchev–Trinajstić information content (AvgIpc) is 2.54. The molecule has 0 saturated carbocycles. The number of ether oxygens (including phenoxy) is 1. The van der Waals surface area contributed by atoms with Crippen LogP contribution in [0.3, 0.4) is 0 Å². The van der Waals surface area contributed by atoms with Gasteiger partial charge in [0.15, 0.2) is 0 Å². The van der Waals surface area contributed by atoms with Gasteiger partial charge in [-0.1, -0.05) is 41.5 Å². The van der Waals surface area contributed by atoms with Crippen LogP contribution in [0.15, 0.2) is 12.1 Å². The molecular formula is C26H46N2O3. The van der Waals surface area contributed by atoms with Crippen LogP contribution in [0, 0.1) is 0 Å². The molecule has 5 nitrogen and oxygen atoms in total. The third-order valence-electron chi connectivity index (χ3n) is 5.97. The van der Waals surface area contributed by atoms with E-state index in [2.05, 4.69) is 79.9 Å². The number of hydrogen-bond acceptors (Lipinski definition) is 5. The number of piperidine rings is 1. The molecule has 0 aliphatic carbocycles. The zero-order chi connectivity index (χ0) is 23.8. The van der Waals surface area contributed by atoms with E-state index in [0.29, 0.717) is 24.1 Å². The zero-order valence-corrected chi connectivity index (χ0v) is 21.4. The maximum absolute atomic E-state index is 10.9. The van der Waals surface area contributed by atoms with Crippen LogP contribution in [0.4, 0.5) is 0 Å². The maximum Gasteiger partial charge on any atom is 0.123 e. The number of hydrogen-bond donors (Lipinski definition) is 4. The number of aliphatic hydroxyl groups excluding tert-OH is 1. The van der Waals surface area contributed by atoms with Crippen molar-refractivity contribution in [3.05, 3.63) is 23.3 Å². The topological polar surface area (TPSA) is 73.8 Å². The van der Waals surface area contributed by atoms with Gasteiger partial charge in [0.05, 0.1) is 0 Å². The Kier molecular flexibility index (Phi) is 7.46. The van der Waals surface area contributed by atoms with Crippen LogP contribution in [0.2, 0.25) is 0 Å². The predicted octanol–water partition coefficient (Wildman–Crippen LogP) is 4.63. The van der Waals surface area contributed by atoms with E-state index in [0.717, 1.165) is 24.0 Å². The van der Waals surface area contributed by atoms with E-state index in [1.54, 1.807) is 0 Å². The molecule has 1 saturated heterocycles. The van der Waals surface area contributed by atoms with Gasteiger partial charge in [-0.25, -0.2) is 0 Å². The summed E-state index contributed by atoms with van der Waals surface area (Å²) in [5.74, 6) is 1.03. The van der Waals surface area contributed by atoms with Crippen molar-refractivity contribution in [2.45, 2.75) is 116 Å². The first kappa shape index (κ1) is 26.0. The van der Waals surface area contributed by atoms with Crippen LogP contribution in [0.25, 0.3) is 0 Å². The average molecular weight is 435 g/mol. The van der Waals surface area contributed by atoms with Crippen molar-refractivity contribution in [2.24, 2.45) is 0 Å². The monoisotopic (exact) mass is 434 g/mol. The normalized spacial score (nSPS) is 20.5. The van der Waals surface area contributed by atoms with Crippen molar-refractivity contribution < 1.29 is 14.9 Å². The van der Waals surface area contributed by atoms with Crippen LogP contribution < -0.4 is 15.4 Å². The highest BCUT2D eigenvalue weighted by Crippen LogP contribution is 2.41. The van der Waals surface area contributed by atoms with Crippen molar-refractivity contribution >= 4 is 0 Å². The molecule has 0 aromatic heterocycles. The van der Waals surface area contributed by atoms with E-state index in [1.807, 2.05) is 12.1 Å². The minimum Gasteiger partial charge on any atom is -0.507 e. The first-order valence-electron chi connectivity index (χ1n) is 11.6. The van der Waals surface area contributed by atoms with Gasteiger partial charge in [0.25, 0.3) is 0 Å². The van der Waals surface area contributed by atoms with Crippen molar-refractivity contribution in [1.82, 2.24) is 10.6 Å². The lowest BCUT2D eigenvalue weighted by Gasteiger charge is -2.47. The summed E-state index contributed by atoms with van der Waals surface area (Å²) in [6.45, 7) is 22.1. The van der Waals surface area contributed by atoms with Crippen molar-refractivity contribution in [1.29, 1.82) is 0 Å². The lowest BCUT2D eigenvalue weighted by Crippen LogP contribution is -2.62. The lowest BCUT2D eigenvalue weighted by molar-refractivity contribution is 0.0900. The van der Waals surface area contributed by atoms with Crippen molar-refractivity contribution in [3.8, 4) is 11.5 Å². The second-order valence-corrected chi connectivity index (χ2v) is 12.7. The molecule has 1 heterocycles. The highest BCUT2D eigenvalue weighted by molar-refractivity contribution is 5.51. The molecule has 0 amide bonds. The molecule has 0 spiro atoms. The Hall–Kier alpha value is -1.30. The Morgan fingerprint density at radius 1 is 1.00 bits per heavy atom. The molecule has 1 aliphatic heterocycles. The smallest absolute Gasteiger partial charge is 0.123 e. The molecule has 0 bridgehead atoms. The minimum absolute atomic E-state index is 0.0691. The summed E-state index contributed by atoms with van der Waals surface area (Å²) >= 11 is 0. The molecular weight excluding hydrogens is 388 g/mol. The number of aliphatic hydroxyl groups is 1. The summed E-state index contributed by atoms with van der Waals surface area (Å²) in [5, 5.41) is 28.6. The number of benzene rings is 1. The number of phenolic OH excluding ortho intramolecular Hbond substituents is 1. The Balaban J connectivity index is 2.04. The predicted molar refractivity (Wildman–Crippen MR) is 129 cm³/mol.